The van der Waals surface area contributed by atoms with Gasteiger partial charge in [0.25, 0.3) is 0 Å². The standard InChI is InChI=1S/C15H15NO3/c1-9-4-6-11(7-5-9)8-12-14(17)13(10(2)16-12)15(18)19-3/h4-8,17H,1-3H3. The zero-order chi connectivity index (χ0) is 14.0. The molecule has 0 atom stereocenters. The Morgan fingerprint density at radius 1 is 1.26 bits per heavy atom. The van der Waals surface area contributed by atoms with Crippen LogP contribution in [-0.4, -0.2) is 23.9 Å². The molecule has 98 valence electrons. The number of carbonyl (C=O) groups is 1. The molecule has 4 heteroatoms. The van der Waals surface area contributed by atoms with Crippen LogP contribution in [0.4, 0.5) is 0 Å². The Kier molecular flexibility index (Phi) is 3.51. The first-order chi connectivity index (χ1) is 9.02. The monoisotopic (exact) mass is 257 g/mol. The zero-order valence-corrected chi connectivity index (χ0v) is 11.1. The molecule has 2 rings (SSSR count). The highest BCUT2D eigenvalue weighted by atomic mass is 16.5. The van der Waals surface area contributed by atoms with E-state index in [1.165, 1.54) is 7.11 Å². The lowest BCUT2D eigenvalue weighted by Gasteiger charge is -2.00. The lowest BCUT2D eigenvalue weighted by molar-refractivity contribution is -0.135. The van der Waals surface area contributed by atoms with Gasteiger partial charge in [-0.1, -0.05) is 29.8 Å². The number of hydrogen-bond donors (Lipinski definition) is 1. The van der Waals surface area contributed by atoms with E-state index >= 15 is 0 Å². The molecular weight excluding hydrogens is 242 g/mol. The highest BCUT2D eigenvalue weighted by Gasteiger charge is 2.27. The summed E-state index contributed by atoms with van der Waals surface area (Å²) in [5, 5.41) is 10.0. The van der Waals surface area contributed by atoms with Gasteiger partial charge in [-0.3, -0.25) is 0 Å². The molecule has 0 saturated carbocycles. The van der Waals surface area contributed by atoms with Crippen molar-refractivity contribution in [2.45, 2.75) is 13.8 Å². The largest absolute Gasteiger partial charge is 0.505 e. The first-order valence-electron chi connectivity index (χ1n) is 5.89. The highest BCUT2D eigenvalue weighted by Crippen LogP contribution is 2.26. The fourth-order valence-electron chi connectivity index (χ4n) is 1.86. The van der Waals surface area contributed by atoms with Crippen molar-refractivity contribution in [3.8, 4) is 0 Å². The molecule has 0 radical (unpaired) electrons. The predicted molar refractivity (Wildman–Crippen MR) is 73.9 cm³/mol. The number of methoxy groups -OCH3 is 1. The minimum atomic E-state index is -0.578. The smallest absolute Gasteiger partial charge is 0.343 e. The average Bonchev–Trinajstić information content (AvgIpc) is 2.66. The van der Waals surface area contributed by atoms with Crippen LogP contribution in [0.2, 0.25) is 0 Å². The second-order valence-corrected chi connectivity index (χ2v) is 4.35. The molecule has 1 aliphatic rings. The minimum Gasteiger partial charge on any atom is -0.505 e. The third kappa shape index (κ3) is 2.57. The molecule has 0 saturated heterocycles. The van der Waals surface area contributed by atoms with Crippen LogP contribution in [0, 0.1) is 6.92 Å². The third-order valence-corrected chi connectivity index (χ3v) is 2.90. The first-order valence-corrected chi connectivity index (χ1v) is 5.89. The van der Waals surface area contributed by atoms with Crippen LogP contribution in [0.5, 0.6) is 0 Å². The van der Waals surface area contributed by atoms with E-state index in [4.69, 9.17) is 0 Å². The van der Waals surface area contributed by atoms with Gasteiger partial charge >= 0.3 is 5.97 Å². The van der Waals surface area contributed by atoms with Crippen molar-refractivity contribution in [2.24, 2.45) is 4.99 Å². The van der Waals surface area contributed by atoms with Crippen LogP contribution in [0.3, 0.4) is 0 Å². The summed E-state index contributed by atoms with van der Waals surface area (Å²) < 4.78 is 4.62. The van der Waals surface area contributed by atoms with Crippen LogP contribution in [0.15, 0.2) is 46.3 Å². The van der Waals surface area contributed by atoms with E-state index in [9.17, 15) is 9.90 Å². The Morgan fingerprint density at radius 3 is 2.47 bits per heavy atom. The summed E-state index contributed by atoms with van der Waals surface area (Å²) in [5.41, 5.74) is 3.03. The average molecular weight is 257 g/mol. The molecule has 0 aliphatic carbocycles. The van der Waals surface area contributed by atoms with Gasteiger partial charge in [-0.05, 0) is 25.5 Å². The summed E-state index contributed by atoms with van der Waals surface area (Å²) in [4.78, 5) is 15.7. The molecule has 4 nitrogen and oxygen atoms in total. The van der Waals surface area contributed by atoms with Gasteiger partial charge < -0.3 is 9.84 Å². The number of aliphatic imine (C=N–C) groups is 1. The summed E-state index contributed by atoms with van der Waals surface area (Å²) in [5.74, 6) is -0.712. The number of aliphatic hydroxyl groups excluding tert-OH is 1. The molecule has 0 aromatic heterocycles. The molecule has 19 heavy (non-hydrogen) atoms. The van der Waals surface area contributed by atoms with Crippen molar-refractivity contribution in [3.05, 3.63) is 52.4 Å². The van der Waals surface area contributed by atoms with Crippen molar-refractivity contribution in [1.82, 2.24) is 0 Å². The number of rotatable bonds is 2. The Balaban J connectivity index is 2.40. The van der Waals surface area contributed by atoms with E-state index in [0.29, 0.717) is 11.4 Å². The van der Waals surface area contributed by atoms with Gasteiger partial charge in [0.05, 0.1) is 12.8 Å². The van der Waals surface area contributed by atoms with Crippen LogP contribution in [-0.2, 0) is 9.53 Å². The topological polar surface area (TPSA) is 58.9 Å². The van der Waals surface area contributed by atoms with Crippen molar-refractivity contribution in [2.75, 3.05) is 7.11 Å². The van der Waals surface area contributed by atoms with Crippen LogP contribution in [0.1, 0.15) is 18.1 Å². The zero-order valence-electron chi connectivity index (χ0n) is 11.1. The number of carbonyl (C=O) groups excluding carboxylic acids is 1. The van der Waals surface area contributed by atoms with E-state index in [1.807, 2.05) is 31.2 Å². The summed E-state index contributed by atoms with van der Waals surface area (Å²) >= 11 is 0. The maximum absolute atomic E-state index is 11.5. The fourth-order valence-corrected chi connectivity index (χ4v) is 1.86. The van der Waals surface area contributed by atoms with Gasteiger partial charge in [0.15, 0.2) is 5.76 Å². The Bertz CT molecular complexity index is 607. The van der Waals surface area contributed by atoms with E-state index < -0.39 is 5.97 Å². The Hall–Kier alpha value is -2.36. The van der Waals surface area contributed by atoms with Crippen LogP contribution < -0.4 is 0 Å². The number of ether oxygens (including phenoxy) is 1. The molecular formula is C15H15NO3. The number of esters is 1. The number of hydrogen-bond acceptors (Lipinski definition) is 4. The number of benzene rings is 1. The van der Waals surface area contributed by atoms with E-state index in [2.05, 4.69) is 9.73 Å². The first kappa shape index (κ1) is 13.1. The maximum Gasteiger partial charge on any atom is 0.343 e. The molecule has 1 aromatic rings. The summed E-state index contributed by atoms with van der Waals surface area (Å²) in [7, 11) is 1.28. The molecule has 1 heterocycles. The van der Waals surface area contributed by atoms with Gasteiger partial charge in [0.1, 0.15) is 11.3 Å². The van der Waals surface area contributed by atoms with E-state index in [0.717, 1.165) is 11.1 Å². The van der Waals surface area contributed by atoms with Crippen molar-refractivity contribution in [3.63, 3.8) is 0 Å². The third-order valence-electron chi connectivity index (χ3n) is 2.90. The highest BCUT2D eigenvalue weighted by molar-refractivity contribution is 6.21. The second-order valence-electron chi connectivity index (χ2n) is 4.35. The van der Waals surface area contributed by atoms with Crippen molar-refractivity contribution >= 4 is 17.8 Å². The lowest BCUT2D eigenvalue weighted by Crippen LogP contribution is -2.11. The number of nitrogens with zero attached hydrogens (tertiary/aromatic N) is 1. The quantitative estimate of drug-likeness (QED) is 0.829. The van der Waals surface area contributed by atoms with Crippen LogP contribution in [0.25, 0.3) is 6.08 Å². The molecule has 1 N–H and O–H groups in total. The molecule has 0 spiro atoms. The van der Waals surface area contributed by atoms with Gasteiger partial charge in [-0.2, -0.15) is 0 Å². The Morgan fingerprint density at radius 2 is 1.89 bits per heavy atom. The molecule has 1 aliphatic heterocycles. The summed E-state index contributed by atoms with van der Waals surface area (Å²) in [6.45, 7) is 3.67. The summed E-state index contributed by atoms with van der Waals surface area (Å²) in [6, 6.07) is 7.80. The molecule has 0 bridgehead atoms. The molecule has 0 fully saturated rings. The van der Waals surface area contributed by atoms with Crippen LogP contribution >= 0.6 is 0 Å². The lowest BCUT2D eigenvalue weighted by atomic mass is 10.1. The molecule has 0 amide bonds. The fraction of sp³-hybridized carbons (Fsp3) is 0.200. The normalized spacial score (nSPS) is 16.8. The SMILES string of the molecule is COC(=O)C1=C(O)C(=Cc2ccc(C)cc2)N=C1C. The van der Waals surface area contributed by atoms with Crippen molar-refractivity contribution in [1.29, 1.82) is 0 Å². The summed E-state index contributed by atoms with van der Waals surface area (Å²) in [6.07, 6.45) is 1.73. The second kappa shape index (κ2) is 5.10. The minimum absolute atomic E-state index is 0.126. The van der Waals surface area contributed by atoms with Gasteiger partial charge in [0.2, 0.25) is 0 Å². The Labute approximate surface area is 111 Å². The van der Waals surface area contributed by atoms with Crippen molar-refractivity contribution < 1.29 is 14.6 Å². The van der Waals surface area contributed by atoms with Gasteiger partial charge in [-0.25, -0.2) is 9.79 Å². The molecule has 1 aromatic carbocycles. The van der Waals surface area contributed by atoms with E-state index in [-0.39, 0.29) is 11.3 Å². The van der Waals surface area contributed by atoms with Gasteiger partial charge in [0, 0.05) is 0 Å². The van der Waals surface area contributed by atoms with Gasteiger partial charge in [-0.15, -0.1) is 0 Å². The molecule has 0 unspecified atom stereocenters. The number of aryl methyl sites for hydroxylation is 1. The van der Waals surface area contributed by atoms with E-state index in [1.54, 1.807) is 13.0 Å². The number of aliphatic hydroxyl groups is 1. The predicted octanol–water partition coefficient (Wildman–Crippen LogP) is 2.80. The maximum atomic E-state index is 11.5.